The van der Waals surface area contributed by atoms with Gasteiger partial charge >= 0.3 is 5.69 Å². The zero-order valence-electron chi connectivity index (χ0n) is 8.01. The van der Waals surface area contributed by atoms with Crippen molar-refractivity contribution in [2.45, 2.75) is 32.1 Å². The molecule has 1 saturated heterocycles. The Bertz CT molecular complexity index is 388. The van der Waals surface area contributed by atoms with Crippen LogP contribution in [-0.4, -0.2) is 15.7 Å². The fraction of sp³-hybridized carbons (Fsp3) is 0.556. The Labute approximate surface area is 81.5 Å². The molecule has 5 nitrogen and oxygen atoms in total. The summed E-state index contributed by atoms with van der Waals surface area (Å²) in [5.41, 5.74) is 5.04. The molecule has 14 heavy (non-hydrogen) atoms. The summed E-state index contributed by atoms with van der Waals surface area (Å²) in [7, 11) is 0. The Balaban J connectivity index is 2.29. The maximum Gasteiger partial charge on any atom is 0.351 e. The third-order valence-electron chi connectivity index (χ3n) is 2.37. The summed E-state index contributed by atoms with van der Waals surface area (Å²) in [6, 6.07) is 1.60. The van der Waals surface area contributed by atoms with Crippen LogP contribution in [0, 0.1) is 0 Å². The Morgan fingerprint density at radius 2 is 2.43 bits per heavy atom. The molecule has 1 aliphatic rings. The lowest BCUT2D eigenvalue weighted by molar-refractivity contribution is 0.00806. The second-order valence-corrected chi connectivity index (χ2v) is 3.52. The number of ether oxygens (including phenoxy) is 1. The molecule has 0 amide bonds. The van der Waals surface area contributed by atoms with Crippen LogP contribution in [0.25, 0.3) is 0 Å². The minimum Gasteiger partial charge on any atom is -0.383 e. The summed E-state index contributed by atoms with van der Waals surface area (Å²) >= 11 is 0. The highest BCUT2D eigenvalue weighted by Crippen LogP contribution is 2.26. The summed E-state index contributed by atoms with van der Waals surface area (Å²) in [6.07, 6.45) is 3.50. The van der Waals surface area contributed by atoms with E-state index in [1.807, 2.05) is 6.92 Å². The molecule has 2 atom stereocenters. The predicted octanol–water partition coefficient (Wildman–Crippen LogP) is 0.523. The Morgan fingerprint density at radius 1 is 1.64 bits per heavy atom. The van der Waals surface area contributed by atoms with Crippen LogP contribution in [0.4, 0.5) is 5.82 Å². The number of aromatic nitrogens is 2. The number of anilines is 1. The van der Waals surface area contributed by atoms with Gasteiger partial charge in [-0.1, -0.05) is 0 Å². The van der Waals surface area contributed by atoms with Gasteiger partial charge in [-0.2, -0.15) is 4.98 Å². The van der Waals surface area contributed by atoms with Crippen LogP contribution in [0.1, 0.15) is 26.0 Å². The summed E-state index contributed by atoms with van der Waals surface area (Å²) in [5, 5.41) is 0. The van der Waals surface area contributed by atoms with E-state index in [-0.39, 0.29) is 23.8 Å². The SMILES string of the molecule is C[C@@H]1CC[C@H](n2ccc(N)nc2=O)O1. The molecule has 2 rings (SSSR count). The molecule has 0 saturated carbocycles. The summed E-state index contributed by atoms with van der Waals surface area (Å²) in [5.74, 6) is 0.247. The summed E-state index contributed by atoms with van der Waals surface area (Å²) in [4.78, 5) is 15.1. The molecule has 5 heteroatoms. The molecule has 2 heterocycles. The van der Waals surface area contributed by atoms with Gasteiger partial charge in [-0.25, -0.2) is 4.79 Å². The molecule has 1 aliphatic heterocycles. The Hall–Kier alpha value is -1.36. The first kappa shape index (κ1) is 9.21. The fourth-order valence-electron chi connectivity index (χ4n) is 1.63. The van der Waals surface area contributed by atoms with Crippen LogP contribution in [0.15, 0.2) is 17.1 Å². The largest absolute Gasteiger partial charge is 0.383 e. The van der Waals surface area contributed by atoms with Crippen molar-refractivity contribution in [3.8, 4) is 0 Å². The molecule has 0 radical (unpaired) electrons. The molecule has 76 valence electrons. The van der Waals surface area contributed by atoms with Crippen molar-refractivity contribution in [1.29, 1.82) is 0 Å². The van der Waals surface area contributed by atoms with E-state index in [2.05, 4.69) is 4.98 Å². The van der Waals surface area contributed by atoms with Crippen LogP contribution in [0.5, 0.6) is 0 Å². The van der Waals surface area contributed by atoms with Gasteiger partial charge in [-0.15, -0.1) is 0 Å². The maximum absolute atomic E-state index is 11.4. The Morgan fingerprint density at radius 3 is 3.00 bits per heavy atom. The van der Waals surface area contributed by atoms with Gasteiger partial charge in [0.05, 0.1) is 6.10 Å². The van der Waals surface area contributed by atoms with E-state index >= 15 is 0 Å². The average molecular weight is 195 g/mol. The van der Waals surface area contributed by atoms with Crippen molar-refractivity contribution >= 4 is 5.82 Å². The van der Waals surface area contributed by atoms with Gasteiger partial charge < -0.3 is 10.5 Å². The van der Waals surface area contributed by atoms with E-state index in [9.17, 15) is 4.79 Å². The van der Waals surface area contributed by atoms with Gasteiger partial charge in [0.25, 0.3) is 0 Å². The zero-order valence-corrected chi connectivity index (χ0v) is 8.01. The van der Waals surface area contributed by atoms with Crippen molar-refractivity contribution in [1.82, 2.24) is 9.55 Å². The van der Waals surface area contributed by atoms with E-state index in [1.165, 1.54) is 4.57 Å². The minimum atomic E-state index is -0.343. The van der Waals surface area contributed by atoms with Gasteiger partial charge in [0, 0.05) is 6.20 Å². The van der Waals surface area contributed by atoms with Crippen LogP contribution in [-0.2, 0) is 4.74 Å². The maximum atomic E-state index is 11.4. The first-order valence-corrected chi connectivity index (χ1v) is 4.67. The predicted molar refractivity (Wildman–Crippen MR) is 51.7 cm³/mol. The number of nitrogen functional groups attached to an aromatic ring is 1. The van der Waals surface area contributed by atoms with Crippen LogP contribution in [0.2, 0.25) is 0 Å². The highest BCUT2D eigenvalue weighted by molar-refractivity contribution is 5.23. The number of nitrogens with two attached hydrogens (primary N) is 1. The van der Waals surface area contributed by atoms with E-state index in [0.717, 1.165) is 12.8 Å². The van der Waals surface area contributed by atoms with Gasteiger partial charge in [0.2, 0.25) is 0 Å². The lowest BCUT2D eigenvalue weighted by atomic mass is 10.2. The van der Waals surface area contributed by atoms with Crippen LogP contribution < -0.4 is 11.4 Å². The highest BCUT2D eigenvalue weighted by Gasteiger charge is 2.23. The van der Waals surface area contributed by atoms with Gasteiger partial charge in [0.1, 0.15) is 12.0 Å². The van der Waals surface area contributed by atoms with Crippen LogP contribution in [0.3, 0.4) is 0 Å². The zero-order chi connectivity index (χ0) is 10.1. The highest BCUT2D eigenvalue weighted by atomic mass is 16.5. The molecule has 1 fully saturated rings. The number of hydrogen-bond donors (Lipinski definition) is 1. The third kappa shape index (κ3) is 1.63. The molecule has 0 spiro atoms. The molecule has 1 aromatic heterocycles. The lowest BCUT2D eigenvalue weighted by Gasteiger charge is -2.13. The second-order valence-electron chi connectivity index (χ2n) is 3.52. The van der Waals surface area contributed by atoms with E-state index in [1.54, 1.807) is 12.3 Å². The first-order chi connectivity index (χ1) is 6.66. The normalized spacial score (nSPS) is 26.6. The van der Waals surface area contributed by atoms with Crippen molar-refractivity contribution in [3.63, 3.8) is 0 Å². The third-order valence-corrected chi connectivity index (χ3v) is 2.37. The summed E-state index contributed by atoms with van der Waals surface area (Å²) in [6.45, 7) is 2.00. The number of rotatable bonds is 1. The topological polar surface area (TPSA) is 70.1 Å². The first-order valence-electron chi connectivity index (χ1n) is 4.67. The molecule has 2 N–H and O–H groups in total. The van der Waals surface area contributed by atoms with E-state index in [0.29, 0.717) is 0 Å². The molecule has 0 aliphatic carbocycles. The summed E-state index contributed by atoms with van der Waals surface area (Å²) < 4.78 is 7.04. The fourth-order valence-corrected chi connectivity index (χ4v) is 1.63. The number of hydrogen-bond acceptors (Lipinski definition) is 4. The molecular formula is C9H13N3O2. The molecule has 0 bridgehead atoms. The molecular weight excluding hydrogens is 182 g/mol. The average Bonchev–Trinajstić information content (AvgIpc) is 2.51. The minimum absolute atomic E-state index is 0.175. The quantitative estimate of drug-likeness (QED) is 0.709. The lowest BCUT2D eigenvalue weighted by Crippen LogP contribution is -2.27. The monoisotopic (exact) mass is 195 g/mol. The van der Waals surface area contributed by atoms with E-state index in [4.69, 9.17) is 10.5 Å². The van der Waals surface area contributed by atoms with Crippen molar-refractivity contribution in [2.75, 3.05) is 5.73 Å². The van der Waals surface area contributed by atoms with Gasteiger partial charge in [-0.3, -0.25) is 4.57 Å². The van der Waals surface area contributed by atoms with E-state index < -0.39 is 0 Å². The van der Waals surface area contributed by atoms with Gasteiger partial charge in [0.15, 0.2) is 0 Å². The second kappa shape index (κ2) is 3.42. The molecule has 0 unspecified atom stereocenters. The number of nitrogens with zero attached hydrogens (tertiary/aromatic N) is 2. The smallest absolute Gasteiger partial charge is 0.351 e. The Kier molecular flexibility index (Phi) is 2.25. The van der Waals surface area contributed by atoms with Crippen molar-refractivity contribution in [3.05, 3.63) is 22.7 Å². The van der Waals surface area contributed by atoms with Crippen LogP contribution >= 0.6 is 0 Å². The molecule has 0 aromatic carbocycles. The van der Waals surface area contributed by atoms with Crippen molar-refractivity contribution < 1.29 is 4.74 Å². The van der Waals surface area contributed by atoms with Crippen molar-refractivity contribution in [2.24, 2.45) is 0 Å². The van der Waals surface area contributed by atoms with Gasteiger partial charge in [-0.05, 0) is 25.8 Å². The molecule has 1 aromatic rings. The standard InChI is InChI=1S/C9H13N3O2/c1-6-2-3-8(14-6)12-5-4-7(10)11-9(12)13/h4-6,8H,2-3H2,1H3,(H2,10,11,13)/t6-,8-/m1/s1.